The molecule has 3 N–H and O–H groups in total. The van der Waals surface area contributed by atoms with E-state index in [1.807, 2.05) is 13.8 Å². The van der Waals surface area contributed by atoms with Crippen LogP contribution in [0.1, 0.15) is 66.7 Å². The smallest absolute Gasteiger partial charge is 0.350 e. The van der Waals surface area contributed by atoms with Crippen molar-refractivity contribution in [2.75, 3.05) is 13.1 Å². The van der Waals surface area contributed by atoms with E-state index in [1.165, 1.54) is 4.90 Å². The highest BCUT2D eigenvalue weighted by atomic mass is 19.4. The third-order valence-electron chi connectivity index (χ3n) is 9.08. The monoisotopic (exact) mass is 525 g/mol. The highest BCUT2D eigenvalue weighted by Crippen LogP contribution is 2.65. The number of carbonyl (C=O) groups excluding carboxylic acids is 3. The molecule has 0 aromatic carbocycles. The van der Waals surface area contributed by atoms with Gasteiger partial charge in [0.2, 0.25) is 17.7 Å². The molecule has 6 unspecified atom stereocenters. The third kappa shape index (κ3) is 5.31. The van der Waals surface area contributed by atoms with Crippen molar-refractivity contribution >= 4 is 17.7 Å². The Bertz CT molecular complexity index is 995. The van der Waals surface area contributed by atoms with Crippen LogP contribution >= 0.6 is 0 Å². The number of carbonyl (C=O) groups is 3. The van der Waals surface area contributed by atoms with E-state index < -0.39 is 48.1 Å². The van der Waals surface area contributed by atoms with Crippen LogP contribution in [0.3, 0.4) is 0 Å². The van der Waals surface area contributed by atoms with E-state index in [0.717, 1.165) is 19.3 Å². The molecule has 0 radical (unpaired) electrons. The zero-order chi connectivity index (χ0) is 27.6. The Labute approximate surface area is 216 Å². The summed E-state index contributed by atoms with van der Waals surface area (Å²) in [4.78, 5) is 41.0. The zero-order valence-electron chi connectivity index (χ0n) is 22.2. The number of nitrogens with zero attached hydrogens (tertiary/aromatic N) is 2. The Morgan fingerprint density at radius 3 is 2.38 bits per heavy atom. The van der Waals surface area contributed by atoms with E-state index in [9.17, 15) is 32.8 Å². The minimum absolute atomic E-state index is 0.0510. The molecule has 3 amide bonds. The van der Waals surface area contributed by atoms with Gasteiger partial charge in [0.05, 0.1) is 18.7 Å². The number of piperidine rings is 1. The molecule has 2 saturated carbocycles. The van der Waals surface area contributed by atoms with Gasteiger partial charge in [-0.25, -0.2) is 0 Å². The van der Waals surface area contributed by atoms with Gasteiger partial charge in [-0.2, -0.15) is 18.4 Å². The van der Waals surface area contributed by atoms with Crippen molar-refractivity contribution in [1.82, 2.24) is 20.9 Å². The molecule has 4 aliphatic rings. The lowest BCUT2D eigenvalue weighted by atomic mass is 9.74. The number of hydrogen-bond donors (Lipinski definition) is 3. The van der Waals surface area contributed by atoms with E-state index in [0.29, 0.717) is 6.42 Å². The molecule has 1 spiro atoms. The molecule has 11 heteroatoms. The van der Waals surface area contributed by atoms with Crippen molar-refractivity contribution in [2.24, 2.45) is 28.6 Å². The maximum Gasteiger partial charge on any atom is 0.401 e. The SMILES string of the molecule is CC(C)(C)C(NCC(F)(F)F)C(=O)N1CC2C(C1C(=O)NC(C#N)CC1CC3(CCC3)NC1=O)C2(C)C. The summed E-state index contributed by atoms with van der Waals surface area (Å²) in [5, 5.41) is 17.9. The standard InChI is InChI=1S/C26H38F3N5O3/c1-23(2,3)19(31-13-26(27,28)29)22(37)34-12-16-17(24(16,4)5)18(34)21(36)32-15(11-30)9-14-10-25(7-6-8-25)33-20(14)35/h14-19,31H,6-10,12-13H2,1-5H3,(H,32,36)(H,33,35). The highest BCUT2D eigenvalue weighted by molar-refractivity contribution is 5.92. The lowest BCUT2D eigenvalue weighted by Crippen LogP contribution is -2.59. The molecule has 4 rings (SSSR count). The number of nitrogens with one attached hydrogen (secondary N) is 3. The Kier molecular flexibility index (Phi) is 6.84. The predicted molar refractivity (Wildman–Crippen MR) is 129 cm³/mol. The Morgan fingerprint density at radius 1 is 1.24 bits per heavy atom. The van der Waals surface area contributed by atoms with Gasteiger partial charge < -0.3 is 15.5 Å². The van der Waals surface area contributed by atoms with Crippen molar-refractivity contribution in [3.8, 4) is 6.07 Å². The third-order valence-corrected chi connectivity index (χ3v) is 9.08. The topological polar surface area (TPSA) is 114 Å². The summed E-state index contributed by atoms with van der Waals surface area (Å²) in [6.45, 7) is 8.03. The number of nitriles is 1. The van der Waals surface area contributed by atoms with Crippen molar-refractivity contribution in [3.05, 3.63) is 0 Å². The molecule has 0 aromatic rings. The molecule has 6 atom stereocenters. The van der Waals surface area contributed by atoms with Gasteiger partial charge in [0.1, 0.15) is 12.1 Å². The first-order valence-electron chi connectivity index (χ1n) is 13.1. The summed E-state index contributed by atoms with van der Waals surface area (Å²) >= 11 is 0. The van der Waals surface area contributed by atoms with Gasteiger partial charge in [-0.1, -0.05) is 34.6 Å². The van der Waals surface area contributed by atoms with Crippen LogP contribution in [0.4, 0.5) is 13.2 Å². The summed E-state index contributed by atoms with van der Waals surface area (Å²) in [6, 6.07) is -0.832. The lowest BCUT2D eigenvalue weighted by molar-refractivity contribution is -0.147. The number of rotatable bonds is 7. The molecule has 2 aliphatic heterocycles. The Hall–Kier alpha value is -2.35. The van der Waals surface area contributed by atoms with Crippen molar-refractivity contribution in [2.45, 2.75) is 96.6 Å². The van der Waals surface area contributed by atoms with Crippen molar-refractivity contribution < 1.29 is 27.6 Å². The van der Waals surface area contributed by atoms with Crippen LogP contribution in [-0.4, -0.2) is 65.6 Å². The quantitative estimate of drug-likeness (QED) is 0.473. The minimum atomic E-state index is -4.49. The van der Waals surface area contributed by atoms with Crippen LogP contribution < -0.4 is 16.0 Å². The van der Waals surface area contributed by atoms with Crippen LogP contribution in [0, 0.1) is 39.9 Å². The van der Waals surface area contributed by atoms with Crippen LogP contribution in [0.5, 0.6) is 0 Å². The Balaban J connectivity index is 1.48. The molecule has 2 saturated heterocycles. The number of hydrogen-bond acceptors (Lipinski definition) is 5. The summed E-state index contributed by atoms with van der Waals surface area (Å²) in [5.74, 6) is -1.59. The average Bonchev–Trinajstić information content (AvgIpc) is 3.09. The molecule has 8 nitrogen and oxygen atoms in total. The minimum Gasteiger partial charge on any atom is -0.350 e. The molecule has 0 bridgehead atoms. The lowest BCUT2D eigenvalue weighted by Gasteiger charge is -2.38. The van der Waals surface area contributed by atoms with Crippen LogP contribution in [-0.2, 0) is 14.4 Å². The summed E-state index contributed by atoms with van der Waals surface area (Å²) in [5.41, 5.74) is -1.19. The Morgan fingerprint density at radius 2 is 1.89 bits per heavy atom. The summed E-state index contributed by atoms with van der Waals surface area (Å²) in [6.07, 6.45) is -0.751. The zero-order valence-corrected chi connectivity index (χ0v) is 22.2. The molecule has 4 fully saturated rings. The van der Waals surface area contributed by atoms with Gasteiger partial charge in [-0.05, 0) is 54.8 Å². The number of halogens is 3. The van der Waals surface area contributed by atoms with Crippen LogP contribution in [0.15, 0.2) is 0 Å². The highest BCUT2D eigenvalue weighted by Gasteiger charge is 2.69. The van der Waals surface area contributed by atoms with Crippen LogP contribution in [0.25, 0.3) is 0 Å². The normalized spacial score (nSPS) is 31.1. The molecule has 37 heavy (non-hydrogen) atoms. The fraction of sp³-hybridized carbons (Fsp3) is 0.846. The second-order valence-electron chi connectivity index (χ2n) is 13.1. The molecule has 2 heterocycles. The number of amides is 3. The van der Waals surface area contributed by atoms with E-state index in [1.54, 1.807) is 20.8 Å². The van der Waals surface area contributed by atoms with Crippen molar-refractivity contribution in [3.63, 3.8) is 0 Å². The van der Waals surface area contributed by atoms with Gasteiger partial charge in [0, 0.05) is 18.0 Å². The van der Waals surface area contributed by atoms with E-state index >= 15 is 0 Å². The van der Waals surface area contributed by atoms with Gasteiger partial charge in [0.15, 0.2) is 0 Å². The first-order chi connectivity index (χ1) is 17.0. The summed E-state index contributed by atoms with van der Waals surface area (Å²) < 4.78 is 38.9. The number of alkyl halides is 3. The molecular weight excluding hydrogens is 487 g/mol. The molecule has 0 aromatic heterocycles. The molecule has 2 aliphatic carbocycles. The second kappa shape index (κ2) is 9.14. The van der Waals surface area contributed by atoms with Crippen LogP contribution in [0.2, 0.25) is 0 Å². The maximum atomic E-state index is 13.6. The molecule has 206 valence electrons. The van der Waals surface area contributed by atoms with E-state index in [4.69, 9.17) is 0 Å². The number of likely N-dealkylation sites (tertiary alicyclic amines) is 1. The van der Waals surface area contributed by atoms with Crippen molar-refractivity contribution in [1.29, 1.82) is 5.26 Å². The fourth-order valence-electron chi connectivity index (χ4n) is 6.75. The second-order valence-corrected chi connectivity index (χ2v) is 13.1. The van der Waals surface area contributed by atoms with Gasteiger partial charge >= 0.3 is 6.18 Å². The molecular formula is C26H38F3N5O3. The van der Waals surface area contributed by atoms with E-state index in [-0.39, 0.29) is 47.6 Å². The maximum absolute atomic E-state index is 13.6. The first kappa shape index (κ1) is 27.7. The predicted octanol–water partition coefficient (Wildman–Crippen LogP) is 2.49. The van der Waals surface area contributed by atoms with E-state index in [2.05, 4.69) is 22.0 Å². The largest absolute Gasteiger partial charge is 0.401 e. The number of fused-ring (bicyclic) bond motifs is 1. The fourth-order valence-corrected chi connectivity index (χ4v) is 6.75. The average molecular weight is 526 g/mol. The van der Waals surface area contributed by atoms with Gasteiger partial charge in [-0.3, -0.25) is 19.7 Å². The summed E-state index contributed by atoms with van der Waals surface area (Å²) in [7, 11) is 0. The van der Waals surface area contributed by atoms with Gasteiger partial charge in [0.25, 0.3) is 0 Å². The van der Waals surface area contributed by atoms with Gasteiger partial charge in [-0.15, -0.1) is 0 Å². The first-order valence-corrected chi connectivity index (χ1v) is 13.1.